The van der Waals surface area contributed by atoms with Crippen molar-refractivity contribution in [2.24, 2.45) is 0 Å². The third-order valence-electron chi connectivity index (χ3n) is 3.91. The van der Waals surface area contributed by atoms with Gasteiger partial charge in [0, 0.05) is 22.8 Å². The van der Waals surface area contributed by atoms with Crippen LogP contribution in [0.2, 0.25) is 0 Å². The van der Waals surface area contributed by atoms with E-state index in [1.54, 1.807) is 18.2 Å². The largest absolute Gasteiger partial charge is 0.507 e. The number of furan rings is 1. The number of aromatic hydroxyl groups is 2. The number of hydrogen-bond acceptors (Lipinski definition) is 5. The molecular weight excluding hydrogens is 328 g/mol. The Morgan fingerprint density at radius 1 is 1.00 bits per heavy atom. The van der Waals surface area contributed by atoms with E-state index in [9.17, 15) is 18.6 Å². The molecule has 0 unspecified atom stereocenters. The summed E-state index contributed by atoms with van der Waals surface area (Å²) in [5, 5.41) is 20.9. The van der Waals surface area contributed by atoms with E-state index in [1.165, 1.54) is 18.2 Å². The second kappa shape index (κ2) is 5.56. The molecule has 3 aromatic rings. The molecule has 0 aliphatic heterocycles. The number of hydrogen-bond donors (Lipinski definition) is 2. The molecule has 5 nitrogen and oxygen atoms in total. The molecule has 126 valence electrons. The van der Waals surface area contributed by atoms with Crippen molar-refractivity contribution in [1.29, 1.82) is 0 Å². The van der Waals surface area contributed by atoms with Gasteiger partial charge in [-0.05, 0) is 42.3 Å². The van der Waals surface area contributed by atoms with Crippen molar-refractivity contribution in [2.75, 3.05) is 6.26 Å². The second-order valence-electron chi connectivity index (χ2n) is 6.17. The van der Waals surface area contributed by atoms with Gasteiger partial charge in [-0.1, -0.05) is 13.8 Å². The second-order valence-corrected chi connectivity index (χ2v) is 8.18. The molecule has 2 N–H and O–H groups in total. The average Bonchev–Trinajstić information content (AvgIpc) is 2.87. The molecule has 0 saturated carbocycles. The van der Waals surface area contributed by atoms with Gasteiger partial charge in [-0.2, -0.15) is 0 Å². The van der Waals surface area contributed by atoms with Crippen molar-refractivity contribution in [3.63, 3.8) is 0 Å². The summed E-state index contributed by atoms with van der Waals surface area (Å²) in [6.45, 7) is 3.75. The standard InChI is InChI=1S/C18H18O5S/c1-10(2)18-14(19)7-12(8-15(18)20)17-9-11-6-13(24(3,21)22)4-5-16(11)23-17/h4-10,19-20H,1-3H3. The van der Waals surface area contributed by atoms with Crippen molar-refractivity contribution in [2.45, 2.75) is 24.7 Å². The first-order valence-corrected chi connectivity index (χ1v) is 9.36. The molecule has 2 aromatic carbocycles. The summed E-state index contributed by atoms with van der Waals surface area (Å²) in [5.41, 5.74) is 1.53. The van der Waals surface area contributed by atoms with Crippen molar-refractivity contribution in [3.05, 3.63) is 42.0 Å². The van der Waals surface area contributed by atoms with E-state index in [-0.39, 0.29) is 22.3 Å². The van der Waals surface area contributed by atoms with Crippen LogP contribution in [0.4, 0.5) is 0 Å². The van der Waals surface area contributed by atoms with Crippen LogP contribution >= 0.6 is 0 Å². The molecular formula is C18H18O5S. The third kappa shape index (κ3) is 2.85. The van der Waals surface area contributed by atoms with E-state index in [0.717, 1.165) is 6.26 Å². The maximum atomic E-state index is 11.6. The highest BCUT2D eigenvalue weighted by molar-refractivity contribution is 7.90. The van der Waals surface area contributed by atoms with Gasteiger partial charge < -0.3 is 14.6 Å². The minimum Gasteiger partial charge on any atom is -0.507 e. The van der Waals surface area contributed by atoms with Gasteiger partial charge in [0.2, 0.25) is 0 Å². The Balaban J connectivity index is 2.13. The van der Waals surface area contributed by atoms with Crippen LogP contribution in [0.5, 0.6) is 11.5 Å². The lowest BCUT2D eigenvalue weighted by Gasteiger charge is -2.11. The predicted octanol–water partition coefficient (Wildman–Crippen LogP) is 4.04. The number of phenolic OH excluding ortho intramolecular Hbond substituents is 2. The SMILES string of the molecule is CC(C)c1c(O)cc(-c2cc3cc(S(C)(=O)=O)ccc3o2)cc1O. The Morgan fingerprint density at radius 3 is 2.17 bits per heavy atom. The number of benzene rings is 2. The molecule has 3 rings (SSSR count). The molecule has 0 fully saturated rings. The number of fused-ring (bicyclic) bond motifs is 1. The molecule has 0 spiro atoms. The van der Waals surface area contributed by atoms with Crippen LogP contribution in [0.3, 0.4) is 0 Å². The lowest BCUT2D eigenvalue weighted by molar-refractivity contribution is 0.433. The summed E-state index contributed by atoms with van der Waals surface area (Å²) in [6.07, 6.45) is 1.15. The molecule has 0 aliphatic carbocycles. The van der Waals surface area contributed by atoms with Gasteiger partial charge in [0.05, 0.1) is 4.90 Å². The van der Waals surface area contributed by atoms with E-state index in [0.29, 0.717) is 27.9 Å². The normalized spacial score (nSPS) is 12.2. The highest BCUT2D eigenvalue weighted by Gasteiger charge is 2.16. The number of sulfone groups is 1. The van der Waals surface area contributed by atoms with E-state index in [4.69, 9.17) is 4.42 Å². The average molecular weight is 346 g/mol. The molecule has 0 aliphatic rings. The fraction of sp³-hybridized carbons (Fsp3) is 0.222. The highest BCUT2D eigenvalue weighted by atomic mass is 32.2. The number of rotatable bonds is 3. The van der Waals surface area contributed by atoms with Crippen molar-refractivity contribution >= 4 is 20.8 Å². The Bertz CT molecular complexity index is 1010. The van der Waals surface area contributed by atoms with Gasteiger partial charge in [0.15, 0.2) is 9.84 Å². The zero-order chi connectivity index (χ0) is 17.6. The molecule has 0 radical (unpaired) electrons. The predicted molar refractivity (Wildman–Crippen MR) is 92.2 cm³/mol. The Kier molecular flexibility index (Phi) is 3.80. The van der Waals surface area contributed by atoms with E-state index in [1.807, 2.05) is 13.8 Å². The Morgan fingerprint density at radius 2 is 1.62 bits per heavy atom. The minimum atomic E-state index is -3.30. The first-order valence-electron chi connectivity index (χ1n) is 7.46. The van der Waals surface area contributed by atoms with E-state index >= 15 is 0 Å². The van der Waals surface area contributed by atoms with Crippen LogP contribution in [-0.4, -0.2) is 24.9 Å². The quantitative estimate of drug-likeness (QED) is 0.747. The molecule has 0 saturated heterocycles. The molecule has 0 atom stereocenters. The van der Waals surface area contributed by atoms with Gasteiger partial charge in [0.25, 0.3) is 0 Å². The molecule has 0 bridgehead atoms. The highest BCUT2D eigenvalue weighted by Crippen LogP contribution is 2.39. The van der Waals surface area contributed by atoms with Crippen LogP contribution in [-0.2, 0) is 9.84 Å². The smallest absolute Gasteiger partial charge is 0.175 e. The van der Waals surface area contributed by atoms with E-state index < -0.39 is 9.84 Å². The summed E-state index contributed by atoms with van der Waals surface area (Å²) in [7, 11) is -3.30. The summed E-state index contributed by atoms with van der Waals surface area (Å²) >= 11 is 0. The number of phenols is 2. The monoisotopic (exact) mass is 346 g/mol. The summed E-state index contributed by atoms with van der Waals surface area (Å²) in [4.78, 5) is 0.211. The first-order chi connectivity index (χ1) is 11.2. The lowest BCUT2D eigenvalue weighted by Crippen LogP contribution is -1.95. The van der Waals surface area contributed by atoms with Gasteiger partial charge in [-0.3, -0.25) is 0 Å². The fourth-order valence-electron chi connectivity index (χ4n) is 2.75. The van der Waals surface area contributed by atoms with Gasteiger partial charge >= 0.3 is 0 Å². The van der Waals surface area contributed by atoms with Crippen LogP contribution < -0.4 is 0 Å². The van der Waals surface area contributed by atoms with Gasteiger partial charge in [0.1, 0.15) is 22.8 Å². The summed E-state index contributed by atoms with van der Waals surface area (Å²) in [6, 6.07) is 9.38. The van der Waals surface area contributed by atoms with Crippen LogP contribution in [0, 0.1) is 0 Å². The molecule has 1 heterocycles. The Hall–Kier alpha value is -2.47. The third-order valence-corrected chi connectivity index (χ3v) is 5.02. The fourth-order valence-corrected chi connectivity index (χ4v) is 3.41. The van der Waals surface area contributed by atoms with Gasteiger partial charge in [-0.15, -0.1) is 0 Å². The van der Waals surface area contributed by atoms with Crippen molar-refractivity contribution in [1.82, 2.24) is 0 Å². The van der Waals surface area contributed by atoms with E-state index in [2.05, 4.69) is 0 Å². The van der Waals surface area contributed by atoms with Crippen molar-refractivity contribution < 1.29 is 23.0 Å². The lowest BCUT2D eigenvalue weighted by atomic mass is 9.98. The maximum absolute atomic E-state index is 11.6. The maximum Gasteiger partial charge on any atom is 0.175 e. The molecule has 6 heteroatoms. The zero-order valence-corrected chi connectivity index (χ0v) is 14.4. The molecule has 24 heavy (non-hydrogen) atoms. The summed E-state index contributed by atoms with van der Waals surface area (Å²) in [5.74, 6) is 0.415. The Labute approximate surface area is 140 Å². The van der Waals surface area contributed by atoms with Crippen LogP contribution in [0.1, 0.15) is 25.3 Å². The van der Waals surface area contributed by atoms with Crippen LogP contribution in [0.25, 0.3) is 22.3 Å². The van der Waals surface area contributed by atoms with Crippen molar-refractivity contribution in [3.8, 4) is 22.8 Å². The molecule has 1 aromatic heterocycles. The summed E-state index contributed by atoms with van der Waals surface area (Å²) < 4.78 is 29.0. The van der Waals surface area contributed by atoms with Crippen LogP contribution in [0.15, 0.2) is 45.7 Å². The molecule has 0 amide bonds. The topological polar surface area (TPSA) is 87.7 Å². The van der Waals surface area contributed by atoms with Gasteiger partial charge in [-0.25, -0.2) is 8.42 Å². The first kappa shape index (κ1) is 16.4. The zero-order valence-electron chi connectivity index (χ0n) is 13.6. The minimum absolute atomic E-state index is 0.00252.